The quantitative estimate of drug-likeness (QED) is 0.175. The first kappa shape index (κ1) is 34.5. The molecule has 0 saturated carbocycles. The molecule has 0 aliphatic carbocycles. The summed E-state index contributed by atoms with van der Waals surface area (Å²) in [5.74, 6) is -2.10. The van der Waals surface area contributed by atoms with E-state index in [0.717, 1.165) is 78.0 Å². The average Bonchev–Trinajstić information content (AvgIpc) is 3.73. The van der Waals surface area contributed by atoms with Crippen molar-refractivity contribution in [2.45, 2.75) is 59.2 Å². The summed E-state index contributed by atoms with van der Waals surface area (Å²) in [6, 6.07) is 17.4. The van der Waals surface area contributed by atoms with Gasteiger partial charge < -0.3 is 25.6 Å². The normalized spacial score (nSPS) is 19.2. The first-order valence-corrected chi connectivity index (χ1v) is 16.7. The molecule has 0 bridgehead atoms. The predicted molar refractivity (Wildman–Crippen MR) is 180 cm³/mol. The summed E-state index contributed by atoms with van der Waals surface area (Å²) in [5.41, 5.74) is 7.04. The largest absolute Gasteiger partial charge is 0.497 e. The molecule has 8 nitrogen and oxygen atoms in total. The fourth-order valence-electron chi connectivity index (χ4n) is 7.55. The van der Waals surface area contributed by atoms with Crippen LogP contribution in [-0.4, -0.2) is 60.3 Å². The minimum Gasteiger partial charge on any atom is -0.497 e. The highest BCUT2D eigenvalue weighted by Gasteiger charge is 2.32. The van der Waals surface area contributed by atoms with E-state index in [1.54, 1.807) is 0 Å². The molecule has 3 aromatic rings. The van der Waals surface area contributed by atoms with Crippen LogP contribution < -0.4 is 15.4 Å². The van der Waals surface area contributed by atoms with Gasteiger partial charge in [-0.15, -0.1) is 0 Å². The van der Waals surface area contributed by atoms with Gasteiger partial charge in [0.15, 0.2) is 0 Å². The summed E-state index contributed by atoms with van der Waals surface area (Å²) >= 11 is 0. The molecule has 0 spiro atoms. The number of methoxy groups -OCH3 is 1. The predicted octanol–water partition coefficient (Wildman–Crippen LogP) is 5.36. The van der Waals surface area contributed by atoms with Crippen LogP contribution in [0, 0.1) is 43.3 Å². The first-order valence-electron chi connectivity index (χ1n) is 16.7. The van der Waals surface area contributed by atoms with E-state index < -0.39 is 23.8 Å². The Balaban J connectivity index is 1.41. The number of hydrogen-bond acceptors (Lipinski definition) is 6. The Morgan fingerprint density at radius 2 is 1.19 bits per heavy atom. The smallest absolute Gasteiger partial charge is 0.307 e. The van der Waals surface area contributed by atoms with Gasteiger partial charge in [0.25, 0.3) is 0 Å². The van der Waals surface area contributed by atoms with Crippen LogP contribution in [-0.2, 0) is 42.1 Å². The number of halogens is 1. The Labute approximate surface area is 277 Å². The highest BCUT2D eigenvalue weighted by atomic mass is 19.1. The molecule has 2 aliphatic rings. The summed E-state index contributed by atoms with van der Waals surface area (Å²) in [6.45, 7) is 8.80. The van der Waals surface area contributed by atoms with Gasteiger partial charge in [-0.25, -0.2) is 4.39 Å². The van der Waals surface area contributed by atoms with E-state index in [9.17, 15) is 24.2 Å². The SMILES string of the molecule is COc1cc(F)cc(CN(Cc2cc(C)cc(C[C@H](C(=O)O)[C@H]3CCNC3)c2)Cc2cc(C)cc(C[C@H](C(=O)O)[C@H]3CCNC3)c2)c1. The second kappa shape index (κ2) is 15.9. The van der Waals surface area contributed by atoms with Gasteiger partial charge in [-0.2, -0.15) is 0 Å². The molecule has 0 unspecified atom stereocenters. The van der Waals surface area contributed by atoms with Gasteiger partial charge in [0.2, 0.25) is 0 Å². The number of aliphatic carboxylic acids is 2. The zero-order chi connectivity index (χ0) is 33.5. The maximum atomic E-state index is 14.6. The summed E-state index contributed by atoms with van der Waals surface area (Å²) < 4.78 is 19.9. The molecule has 9 heteroatoms. The molecular weight excluding hydrogens is 597 g/mol. The number of nitrogens with one attached hydrogen (secondary N) is 2. The molecular formula is C38H48FN3O5. The highest BCUT2D eigenvalue weighted by Crippen LogP contribution is 2.28. The molecule has 5 rings (SSSR count). The lowest BCUT2D eigenvalue weighted by atomic mass is 9.85. The van der Waals surface area contributed by atoms with Crippen molar-refractivity contribution in [2.75, 3.05) is 33.3 Å². The third-order valence-electron chi connectivity index (χ3n) is 9.66. The number of nitrogens with zero attached hydrogens (tertiary/aromatic N) is 1. The van der Waals surface area contributed by atoms with Gasteiger partial charge in [-0.3, -0.25) is 14.5 Å². The van der Waals surface area contributed by atoms with E-state index in [4.69, 9.17) is 4.74 Å². The van der Waals surface area contributed by atoms with Gasteiger partial charge >= 0.3 is 11.9 Å². The van der Waals surface area contributed by atoms with Gasteiger partial charge in [-0.1, -0.05) is 47.5 Å². The monoisotopic (exact) mass is 645 g/mol. The van der Waals surface area contributed by atoms with E-state index in [1.165, 1.54) is 19.2 Å². The van der Waals surface area contributed by atoms with Crippen LogP contribution in [0.3, 0.4) is 0 Å². The summed E-state index contributed by atoms with van der Waals surface area (Å²) in [5, 5.41) is 26.7. The van der Waals surface area contributed by atoms with Crippen molar-refractivity contribution < 1.29 is 28.9 Å². The molecule has 4 N–H and O–H groups in total. The van der Waals surface area contributed by atoms with Crippen LogP contribution in [0.5, 0.6) is 5.75 Å². The van der Waals surface area contributed by atoms with Crippen LogP contribution in [0.2, 0.25) is 0 Å². The molecule has 0 amide bonds. The fourth-order valence-corrected chi connectivity index (χ4v) is 7.55. The van der Waals surface area contributed by atoms with Crippen LogP contribution in [0.15, 0.2) is 54.6 Å². The van der Waals surface area contributed by atoms with Crippen LogP contribution in [0.1, 0.15) is 51.8 Å². The number of hydrogen-bond donors (Lipinski definition) is 4. The van der Waals surface area contributed by atoms with Gasteiger partial charge in [-0.05, 0) is 117 Å². The number of carbonyl (C=O) groups is 2. The van der Waals surface area contributed by atoms with E-state index in [2.05, 4.69) is 51.9 Å². The van der Waals surface area contributed by atoms with E-state index in [-0.39, 0.29) is 17.7 Å². The summed E-state index contributed by atoms with van der Waals surface area (Å²) in [6.07, 6.45) is 2.67. The zero-order valence-electron chi connectivity index (χ0n) is 27.7. The number of carboxylic acid groups (broad SMARTS) is 2. The van der Waals surface area contributed by atoms with Crippen LogP contribution >= 0.6 is 0 Å². The fraction of sp³-hybridized carbons (Fsp3) is 0.474. The summed E-state index contributed by atoms with van der Waals surface area (Å²) in [4.78, 5) is 26.7. The van der Waals surface area contributed by atoms with Gasteiger partial charge in [0.05, 0.1) is 18.9 Å². The molecule has 0 aromatic heterocycles. The van der Waals surface area contributed by atoms with E-state index >= 15 is 0 Å². The molecule has 4 atom stereocenters. The number of aryl methyl sites for hydroxylation is 2. The Bertz CT molecular complexity index is 1460. The second-order valence-electron chi connectivity index (χ2n) is 13.6. The highest BCUT2D eigenvalue weighted by molar-refractivity contribution is 5.71. The van der Waals surface area contributed by atoms with Crippen LogP contribution in [0.25, 0.3) is 0 Å². The topological polar surface area (TPSA) is 111 Å². The lowest BCUT2D eigenvalue weighted by molar-refractivity contribution is -0.144. The zero-order valence-corrected chi connectivity index (χ0v) is 27.7. The molecule has 2 aliphatic heterocycles. The Hall–Kier alpha value is -3.79. The molecule has 0 radical (unpaired) electrons. The van der Waals surface area contributed by atoms with Crippen molar-refractivity contribution in [1.29, 1.82) is 0 Å². The van der Waals surface area contributed by atoms with Crippen LogP contribution in [0.4, 0.5) is 4.39 Å². The van der Waals surface area contributed by atoms with E-state index in [0.29, 0.717) is 38.2 Å². The standard InChI is InChI=1S/C38H48FN3O5/c1-24-8-26(16-35(37(43)44)31-4-6-40-19-31)12-28(10-24)21-42(23-30-14-33(39)18-34(15-30)47-3)22-29-11-25(2)9-27(13-29)17-36(38(45)46)32-5-7-41-20-32/h8-15,18,31-32,35-36,40-41H,4-7,16-17,19-23H2,1-3H3,(H,43,44)(H,45,46)/t31-,32-,35-,36-/m0/s1. The maximum absolute atomic E-state index is 14.6. The number of rotatable bonds is 15. The molecule has 2 saturated heterocycles. The number of benzene rings is 3. The minimum atomic E-state index is -0.756. The van der Waals surface area contributed by atoms with Crippen molar-refractivity contribution >= 4 is 11.9 Å². The average molecular weight is 646 g/mol. The Kier molecular flexibility index (Phi) is 11.7. The number of carboxylic acids is 2. The Morgan fingerprint density at radius 1 is 0.745 bits per heavy atom. The number of ether oxygens (including phenoxy) is 1. The van der Waals surface area contributed by atoms with E-state index in [1.807, 2.05) is 19.9 Å². The van der Waals surface area contributed by atoms with Crippen molar-refractivity contribution in [3.8, 4) is 5.75 Å². The second-order valence-corrected chi connectivity index (χ2v) is 13.6. The molecule has 252 valence electrons. The lowest BCUT2D eigenvalue weighted by Crippen LogP contribution is -2.28. The van der Waals surface area contributed by atoms with Gasteiger partial charge in [0, 0.05) is 25.7 Å². The summed E-state index contributed by atoms with van der Waals surface area (Å²) in [7, 11) is 1.52. The molecule has 2 fully saturated rings. The maximum Gasteiger partial charge on any atom is 0.307 e. The third-order valence-corrected chi connectivity index (χ3v) is 9.66. The van der Waals surface area contributed by atoms with Crippen molar-refractivity contribution in [1.82, 2.24) is 15.5 Å². The van der Waals surface area contributed by atoms with Gasteiger partial charge in [0.1, 0.15) is 11.6 Å². The van der Waals surface area contributed by atoms with Crippen molar-refractivity contribution in [3.63, 3.8) is 0 Å². The van der Waals surface area contributed by atoms with Crippen molar-refractivity contribution in [3.05, 3.63) is 99.4 Å². The third kappa shape index (κ3) is 9.62. The lowest BCUT2D eigenvalue weighted by Gasteiger charge is -2.25. The first-order chi connectivity index (χ1) is 22.6. The van der Waals surface area contributed by atoms with Crippen molar-refractivity contribution in [2.24, 2.45) is 23.7 Å². The Morgan fingerprint density at radius 3 is 1.60 bits per heavy atom. The molecule has 3 aromatic carbocycles. The molecule has 2 heterocycles. The minimum absolute atomic E-state index is 0.108. The molecule has 47 heavy (non-hydrogen) atoms.